The van der Waals surface area contributed by atoms with Crippen LogP contribution in [0.25, 0.3) is 0 Å². The van der Waals surface area contributed by atoms with Crippen molar-refractivity contribution in [3.63, 3.8) is 0 Å². The highest BCUT2D eigenvalue weighted by atomic mass is 32.1. The number of rotatable bonds is 3. The Bertz CT molecular complexity index is 557. The minimum Gasteiger partial charge on any atom is -0.338 e. The van der Waals surface area contributed by atoms with E-state index in [1.807, 2.05) is 9.80 Å². The standard InChI is InChI=1S/C16H23N3O2S/c1-12-10-17-6-8-19(12)16(21)3-2-15(20)18-7-4-14-13(11-18)5-9-22-14/h5,9,12,17H,2-4,6-8,10-11H2,1H3/t12-/m0/s1. The van der Waals surface area contributed by atoms with E-state index in [9.17, 15) is 9.59 Å². The number of hydrogen-bond acceptors (Lipinski definition) is 4. The summed E-state index contributed by atoms with van der Waals surface area (Å²) in [7, 11) is 0. The van der Waals surface area contributed by atoms with Crippen molar-refractivity contribution in [1.29, 1.82) is 0 Å². The van der Waals surface area contributed by atoms with Gasteiger partial charge in [-0.3, -0.25) is 9.59 Å². The molecular weight excluding hydrogens is 298 g/mol. The van der Waals surface area contributed by atoms with Crippen molar-refractivity contribution in [2.75, 3.05) is 26.2 Å². The summed E-state index contributed by atoms with van der Waals surface area (Å²) < 4.78 is 0. The zero-order valence-electron chi connectivity index (χ0n) is 13.0. The van der Waals surface area contributed by atoms with Crippen LogP contribution in [0.4, 0.5) is 0 Å². The second-order valence-electron chi connectivity index (χ2n) is 6.07. The summed E-state index contributed by atoms with van der Waals surface area (Å²) in [6.07, 6.45) is 1.60. The molecular formula is C16H23N3O2S. The molecule has 3 heterocycles. The van der Waals surface area contributed by atoms with E-state index in [-0.39, 0.29) is 17.9 Å². The Morgan fingerprint density at radius 1 is 1.32 bits per heavy atom. The minimum atomic E-state index is 0.105. The van der Waals surface area contributed by atoms with E-state index in [2.05, 4.69) is 23.7 Å². The number of fused-ring (bicyclic) bond motifs is 1. The van der Waals surface area contributed by atoms with Gasteiger partial charge in [-0.05, 0) is 30.4 Å². The van der Waals surface area contributed by atoms with Crippen molar-refractivity contribution in [3.8, 4) is 0 Å². The van der Waals surface area contributed by atoms with Crippen LogP contribution >= 0.6 is 11.3 Å². The Morgan fingerprint density at radius 3 is 2.95 bits per heavy atom. The third-order valence-corrected chi connectivity index (χ3v) is 5.56. The number of nitrogens with one attached hydrogen (secondary N) is 1. The maximum Gasteiger partial charge on any atom is 0.223 e. The lowest BCUT2D eigenvalue weighted by Gasteiger charge is -2.34. The third-order valence-electron chi connectivity index (χ3n) is 4.53. The zero-order chi connectivity index (χ0) is 15.5. The van der Waals surface area contributed by atoms with E-state index in [1.54, 1.807) is 11.3 Å². The molecule has 0 spiro atoms. The summed E-state index contributed by atoms with van der Waals surface area (Å²) in [6.45, 7) is 5.97. The number of carbonyl (C=O) groups excluding carboxylic acids is 2. The molecule has 120 valence electrons. The second kappa shape index (κ2) is 6.79. The highest BCUT2D eigenvalue weighted by Crippen LogP contribution is 2.24. The molecule has 0 aromatic carbocycles. The van der Waals surface area contributed by atoms with Crippen LogP contribution in [0.5, 0.6) is 0 Å². The number of piperazine rings is 1. The van der Waals surface area contributed by atoms with Crippen molar-refractivity contribution in [1.82, 2.24) is 15.1 Å². The highest BCUT2D eigenvalue weighted by molar-refractivity contribution is 7.10. The molecule has 1 fully saturated rings. The molecule has 2 aliphatic heterocycles. The molecule has 0 aliphatic carbocycles. The Hall–Kier alpha value is -1.40. The molecule has 2 amide bonds. The van der Waals surface area contributed by atoms with Gasteiger partial charge < -0.3 is 15.1 Å². The molecule has 3 rings (SSSR count). The van der Waals surface area contributed by atoms with Crippen LogP contribution in [0.3, 0.4) is 0 Å². The monoisotopic (exact) mass is 321 g/mol. The first-order valence-electron chi connectivity index (χ1n) is 7.98. The summed E-state index contributed by atoms with van der Waals surface area (Å²) in [5, 5.41) is 5.37. The number of thiophene rings is 1. The van der Waals surface area contributed by atoms with Crippen molar-refractivity contribution in [3.05, 3.63) is 21.9 Å². The van der Waals surface area contributed by atoms with Crippen molar-refractivity contribution < 1.29 is 9.59 Å². The van der Waals surface area contributed by atoms with E-state index < -0.39 is 0 Å². The van der Waals surface area contributed by atoms with Crippen LogP contribution < -0.4 is 5.32 Å². The average Bonchev–Trinajstić information content (AvgIpc) is 3.00. The van der Waals surface area contributed by atoms with Gasteiger partial charge in [-0.2, -0.15) is 0 Å². The van der Waals surface area contributed by atoms with E-state index in [0.717, 1.165) is 32.6 Å². The van der Waals surface area contributed by atoms with Gasteiger partial charge in [0, 0.05) is 56.5 Å². The van der Waals surface area contributed by atoms with E-state index in [1.165, 1.54) is 10.4 Å². The van der Waals surface area contributed by atoms with Crippen LogP contribution in [0, 0.1) is 0 Å². The summed E-state index contributed by atoms with van der Waals surface area (Å²) in [6, 6.07) is 2.33. The van der Waals surface area contributed by atoms with Gasteiger partial charge in [0.2, 0.25) is 11.8 Å². The Balaban J connectivity index is 1.49. The highest BCUT2D eigenvalue weighted by Gasteiger charge is 2.25. The van der Waals surface area contributed by atoms with E-state index in [4.69, 9.17) is 0 Å². The molecule has 1 N–H and O–H groups in total. The molecule has 0 unspecified atom stereocenters. The van der Waals surface area contributed by atoms with Crippen molar-refractivity contribution in [2.45, 2.75) is 38.8 Å². The molecule has 1 aromatic rings. The fourth-order valence-corrected chi connectivity index (χ4v) is 4.08. The molecule has 5 nitrogen and oxygen atoms in total. The fourth-order valence-electron chi connectivity index (χ4n) is 3.19. The molecule has 22 heavy (non-hydrogen) atoms. The van der Waals surface area contributed by atoms with Crippen molar-refractivity contribution in [2.24, 2.45) is 0 Å². The Labute approximate surface area is 135 Å². The lowest BCUT2D eigenvalue weighted by atomic mass is 10.1. The minimum absolute atomic E-state index is 0.105. The maximum absolute atomic E-state index is 12.3. The molecule has 1 aromatic heterocycles. The summed E-state index contributed by atoms with van der Waals surface area (Å²) in [5.74, 6) is 0.212. The summed E-state index contributed by atoms with van der Waals surface area (Å²) >= 11 is 1.77. The van der Waals surface area contributed by atoms with E-state index in [0.29, 0.717) is 19.4 Å². The van der Waals surface area contributed by atoms with Gasteiger partial charge in [-0.15, -0.1) is 11.3 Å². The van der Waals surface area contributed by atoms with Gasteiger partial charge in [0.1, 0.15) is 0 Å². The van der Waals surface area contributed by atoms with Gasteiger partial charge >= 0.3 is 0 Å². The Morgan fingerprint density at radius 2 is 2.14 bits per heavy atom. The van der Waals surface area contributed by atoms with Crippen LogP contribution in [-0.4, -0.2) is 53.8 Å². The zero-order valence-corrected chi connectivity index (χ0v) is 13.8. The maximum atomic E-state index is 12.3. The molecule has 1 atom stereocenters. The third kappa shape index (κ3) is 3.33. The van der Waals surface area contributed by atoms with Gasteiger partial charge in [0.25, 0.3) is 0 Å². The summed E-state index contributed by atoms with van der Waals surface area (Å²) in [5.41, 5.74) is 1.27. The molecule has 0 bridgehead atoms. The molecule has 0 saturated carbocycles. The molecule has 1 saturated heterocycles. The van der Waals surface area contributed by atoms with Gasteiger partial charge in [-0.25, -0.2) is 0 Å². The first-order chi connectivity index (χ1) is 10.6. The molecule has 0 radical (unpaired) electrons. The van der Waals surface area contributed by atoms with Crippen molar-refractivity contribution >= 4 is 23.2 Å². The molecule has 6 heteroatoms. The van der Waals surface area contributed by atoms with Crippen LogP contribution in [0.2, 0.25) is 0 Å². The smallest absolute Gasteiger partial charge is 0.223 e. The van der Waals surface area contributed by atoms with Crippen LogP contribution in [0.1, 0.15) is 30.2 Å². The topological polar surface area (TPSA) is 52.7 Å². The Kier molecular flexibility index (Phi) is 4.78. The van der Waals surface area contributed by atoms with Crippen LogP contribution in [-0.2, 0) is 22.6 Å². The summed E-state index contributed by atoms with van der Waals surface area (Å²) in [4.78, 5) is 29.8. The largest absolute Gasteiger partial charge is 0.338 e. The SMILES string of the molecule is C[C@H]1CNCCN1C(=O)CCC(=O)N1CCc2sccc2C1. The van der Waals surface area contributed by atoms with E-state index >= 15 is 0 Å². The predicted molar refractivity (Wildman–Crippen MR) is 86.7 cm³/mol. The number of amides is 2. The second-order valence-corrected chi connectivity index (χ2v) is 7.08. The van der Waals surface area contributed by atoms with Gasteiger partial charge in [-0.1, -0.05) is 0 Å². The fraction of sp³-hybridized carbons (Fsp3) is 0.625. The number of nitrogens with zero attached hydrogens (tertiary/aromatic N) is 2. The number of carbonyl (C=O) groups is 2. The lowest BCUT2D eigenvalue weighted by molar-refractivity contribution is -0.139. The lowest BCUT2D eigenvalue weighted by Crippen LogP contribution is -2.52. The normalized spacial score (nSPS) is 21.6. The first-order valence-corrected chi connectivity index (χ1v) is 8.86. The average molecular weight is 321 g/mol. The quantitative estimate of drug-likeness (QED) is 0.911. The number of hydrogen-bond donors (Lipinski definition) is 1. The molecule has 2 aliphatic rings. The van der Waals surface area contributed by atoms with Gasteiger partial charge in [0.15, 0.2) is 0 Å². The van der Waals surface area contributed by atoms with Gasteiger partial charge in [0.05, 0.1) is 0 Å². The van der Waals surface area contributed by atoms with Crippen LogP contribution in [0.15, 0.2) is 11.4 Å². The predicted octanol–water partition coefficient (Wildman–Crippen LogP) is 1.23. The first kappa shape index (κ1) is 15.5.